The van der Waals surface area contributed by atoms with Gasteiger partial charge in [-0.15, -0.1) is 0 Å². The topological polar surface area (TPSA) is 170 Å². The van der Waals surface area contributed by atoms with Gasteiger partial charge in [-0.05, 0) is 96.7 Å². The zero-order chi connectivity index (χ0) is 39.5. The summed E-state index contributed by atoms with van der Waals surface area (Å²) in [5, 5.41) is 66.1. The van der Waals surface area contributed by atoms with Crippen molar-refractivity contribution in [2.24, 2.45) is 0 Å². The molecule has 0 fully saturated rings. The normalized spacial score (nSPS) is 15.3. The van der Waals surface area contributed by atoms with E-state index in [1.54, 1.807) is 12.1 Å². The fourth-order valence-corrected chi connectivity index (χ4v) is 7.31. The molecule has 1 aromatic heterocycles. The van der Waals surface area contributed by atoms with Crippen LogP contribution in [0.2, 0.25) is 0 Å². The Morgan fingerprint density at radius 1 is 0.727 bits per heavy atom. The molecule has 10 heteroatoms. The molecule has 0 aliphatic carbocycles. The van der Waals surface area contributed by atoms with E-state index >= 15 is 4.79 Å². The SMILES string of the molecule is CC(C)=CCc1cc2c(cc1O)OC[C@H]1c3cc(C(=O)c4c(-c5ccc(O)cc5O)oc5c(CC=C(C)C)c(O)c(O)cc45)c(O)c(CC=C(C)C)c3O[C@@H]21. The Bertz CT molecular complexity index is 2480. The summed E-state index contributed by atoms with van der Waals surface area (Å²) in [4.78, 5) is 15.1. The van der Waals surface area contributed by atoms with E-state index in [1.807, 2.05) is 65.8 Å². The smallest absolute Gasteiger partial charge is 0.201 e. The number of ether oxygens (including phenoxy) is 2. The first kappa shape index (κ1) is 37.0. The van der Waals surface area contributed by atoms with Crippen molar-refractivity contribution in [3.8, 4) is 57.3 Å². The maximum absolute atomic E-state index is 15.1. The highest BCUT2D eigenvalue weighted by atomic mass is 16.5. The van der Waals surface area contributed by atoms with Gasteiger partial charge >= 0.3 is 0 Å². The van der Waals surface area contributed by atoms with Crippen LogP contribution in [0.4, 0.5) is 0 Å². The number of carbonyl (C=O) groups excluding carboxylic acids is 1. The summed E-state index contributed by atoms with van der Waals surface area (Å²) in [6.07, 6.45) is 6.18. The molecule has 284 valence electrons. The molecule has 4 aromatic carbocycles. The van der Waals surface area contributed by atoms with Gasteiger partial charge in [-0.2, -0.15) is 0 Å². The number of fused-ring (bicyclic) bond motifs is 6. The van der Waals surface area contributed by atoms with E-state index in [-0.39, 0.29) is 87.3 Å². The molecule has 0 saturated carbocycles. The fourth-order valence-electron chi connectivity index (χ4n) is 7.31. The van der Waals surface area contributed by atoms with Crippen LogP contribution < -0.4 is 9.47 Å². The van der Waals surface area contributed by atoms with Crippen molar-refractivity contribution in [3.05, 3.63) is 116 Å². The van der Waals surface area contributed by atoms with E-state index < -0.39 is 23.4 Å². The number of phenols is 6. The third-order valence-corrected chi connectivity index (χ3v) is 10.2. The Morgan fingerprint density at radius 2 is 1.40 bits per heavy atom. The second kappa shape index (κ2) is 14.2. The molecule has 2 aliphatic rings. The molecule has 6 N–H and O–H groups in total. The van der Waals surface area contributed by atoms with Crippen LogP contribution in [0.3, 0.4) is 0 Å². The highest BCUT2D eigenvalue weighted by Crippen LogP contribution is 2.56. The van der Waals surface area contributed by atoms with Crippen molar-refractivity contribution in [1.82, 2.24) is 0 Å². The zero-order valence-corrected chi connectivity index (χ0v) is 31.6. The summed E-state index contributed by atoms with van der Waals surface area (Å²) in [6, 6.07) is 10.2. The summed E-state index contributed by atoms with van der Waals surface area (Å²) >= 11 is 0. The Balaban J connectivity index is 1.44. The number of phenolic OH excluding ortho intramolecular Hbond substituents is 6. The molecule has 3 heterocycles. The number of hydrogen-bond acceptors (Lipinski definition) is 10. The minimum absolute atomic E-state index is 0.0680. The quantitative estimate of drug-likeness (QED) is 0.0485. The average molecular weight is 745 g/mol. The van der Waals surface area contributed by atoms with E-state index in [4.69, 9.17) is 13.9 Å². The van der Waals surface area contributed by atoms with E-state index in [0.717, 1.165) is 28.3 Å². The summed E-state index contributed by atoms with van der Waals surface area (Å²) in [7, 11) is 0. The Morgan fingerprint density at radius 3 is 2.07 bits per heavy atom. The summed E-state index contributed by atoms with van der Waals surface area (Å²) in [5.41, 5.74) is 5.80. The molecule has 0 unspecified atom stereocenters. The van der Waals surface area contributed by atoms with Crippen molar-refractivity contribution in [2.75, 3.05) is 6.61 Å². The van der Waals surface area contributed by atoms with Crippen molar-refractivity contribution >= 4 is 16.8 Å². The Labute approximate surface area is 318 Å². The maximum Gasteiger partial charge on any atom is 0.201 e. The van der Waals surface area contributed by atoms with Gasteiger partial charge < -0.3 is 44.5 Å². The Hall–Kier alpha value is -6.29. The molecule has 0 amide bonds. The zero-order valence-electron chi connectivity index (χ0n) is 31.6. The summed E-state index contributed by atoms with van der Waals surface area (Å²) in [6.45, 7) is 11.8. The van der Waals surface area contributed by atoms with Crippen molar-refractivity contribution < 1.29 is 49.3 Å². The van der Waals surface area contributed by atoms with E-state index in [9.17, 15) is 30.6 Å². The van der Waals surface area contributed by atoms with Gasteiger partial charge in [0, 0.05) is 39.8 Å². The molecule has 10 nitrogen and oxygen atoms in total. The fraction of sp³-hybridized carbons (Fsp3) is 0.267. The first-order valence-electron chi connectivity index (χ1n) is 18.2. The van der Waals surface area contributed by atoms with E-state index in [0.29, 0.717) is 34.6 Å². The van der Waals surface area contributed by atoms with Crippen LogP contribution in [0, 0.1) is 0 Å². The standard InChI is InChI=1S/C45H44O10/c1-21(2)7-10-24-15-30-37(19-34(24)47)53-20-33-29-17-32(39(50)27(12-8-22(3)4)42(29)54-44(30)33)41(52)38-31-18-36(49)40(51)28(13-9-23(5)6)43(31)55-45(38)26-14-11-25(46)16-35(26)48/h7-9,11,14-19,33,44,46-51H,10,12-13,20H2,1-6H3/t33-,44-/m0/s1. The number of aromatic hydroxyl groups is 6. The molecule has 0 radical (unpaired) electrons. The minimum Gasteiger partial charge on any atom is -0.508 e. The highest BCUT2D eigenvalue weighted by Gasteiger charge is 2.44. The van der Waals surface area contributed by atoms with Crippen molar-refractivity contribution in [3.63, 3.8) is 0 Å². The van der Waals surface area contributed by atoms with Crippen LogP contribution >= 0.6 is 0 Å². The number of furan rings is 1. The van der Waals surface area contributed by atoms with Crippen LogP contribution in [0.5, 0.6) is 46.0 Å². The van der Waals surface area contributed by atoms with Gasteiger partial charge in [0.1, 0.15) is 51.9 Å². The van der Waals surface area contributed by atoms with Crippen LogP contribution in [0.25, 0.3) is 22.3 Å². The number of hydrogen-bond donors (Lipinski definition) is 6. The molecule has 5 aromatic rings. The lowest BCUT2D eigenvalue weighted by atomic mass is 9.85. The van der Waals surface area contributed by atoms with Gasteiger partial charge in [0.2, 0.25) is 5.78 Å². The lowest BCUT2D eigenvalue weighted by Crippen LogP contribution is -2.23. The molecule has 2 atom stereocenters. The molecule has 7 rings (SSSR count). The van der Waals surface area contributed by atoms with Gasteiger partial charge in [0.25, 0.3) is 0 Å². The summed E-state index contributed by atoms with van der Waals surface area (Å²) in [5.74, 6) is -1.87. The number of benzene rings is 4. The summed E-state index contributed by atoms with van der Waals surface area (Å²) < 4.78 is 19.2. The number of carbonyl (C=O) groups is 1. The van der Waals surface area contributed by atoms with Crippen molar-refractivity contribution in [1.29, 1.82) is 0 Å². The predicted molar refractivity (Wildman–Crippen MR) is 209 cm³/mol. The highest BCUT2D eigenvalue weighted by molar-refractivity contribution is 6.21. The van der Waals surface area contributed by atoms with Gasteiger partial charge in [0.05, 0.1) is 29.2 Å². The van der Waals surface area contributed by atoms with Gasteiger partial charge in [-0.25, -0.2) is 0 Å². The first-order valence-corrected chi connectivity index (χ1v) is 18.2. The molecule has 0 saturated heterocycles. The molecule has 2 aliphatic heterocycles. The average Bonchev–Trinajstić information content (AvgIpc) is 3.68. The number of allylic oxidation sites excluding steroid dienone is 6. The van der Waals surface area contributed by atoms with Crippen LogP contribution in [-0.2, 0) is 19.3 Å². The van der Waals surface area contributed by atoms with Crippen LogP contribution in [0.1, 0.15) is 97.3 Å². The third-order valence-electron chi connectivity index (χ3n) is 10.2. The monoisotopic (exact) mass is 744 g/mol. The van der Waals surface area contributed by atoms with E-state index in [1.165, 1.54) is 18.2 Å². The van der Waals surface area contributed by atoms with E-state index in [2.05, 4.69) is 0 Å². The minimum atomic E-state index is -0.673. The van der Waals surface area contributed by atoms with Gasteiger partial charge in [0.15, 0.2) is 11.5 Å². The number of rotatable bonds is 9. The lowest BCUT2D eigenvalue weighted by Gasteiger charge is -2.28. The third kappa shape index (κ3) is 6.62. The largest absolute Gasteiger partial charge is 0.508 e. The van der Waals surface area contributed by atoms with Crippen molar-refractivity contribution in [2.45, 2.75) is 72.8 Å². The molecular formula is C45H44O10. The predicted octanol–water partition coefficient (Wildman–Crippen LogP) is 9.70. The number of ketones is 1. The Kier molecular flexibility index (Phi) is 9.54. The second-order valence-corrected chi connectivity index (χ2v) is 15.0. The van der Waals surface area contributed by atoms with Gasteiger partial charge in [-0.3, -0.25) is 4.79 Å². The molecule has 0 spiro atoms. The molecule has 0 bridgehead atoms. The first-order chi connectivity index (χ1) is 26.1. The van der Waals surface area contributed by atoms with Crippen LogP contribution in [-0.4, -0.2) is 43.0 Å². The maximum atomic E-state index is 15.1. The van der Waals surface area contributed by atoms with Crippen LogP contribution in [0.15, 0.2) is 81.8 Å². The second-order valence-electron chi connectivity index (χ2n) is 15.0. The lowest BCUT2D eigenvalue weighted by molar-refractivity contribution is 0.103. The molecular weight excluding hydrogens is 700 g/mol. The molecule has 55 heavy (non-hydrogen) atoms. The van der Waals surface area contributed by atoms with Gasteiger partial charge in [-0.1, -0.05) is 34.9 Å².